The Morgan fingerprint density at radius 3 is 2.93 bits per heavy atom. The molecule has 0 fully saturated rings. The van der Waals surface area contributed by atoms with Gasteiger partial charge in [0, 0.05) is 6.42 Å². The molecule has 78 valence electrons. The van der Waals surface area contributed by atoms with Crippen LogP contribution in [0.3, 0.4) is 0 Å². The quantitative estimate of drug-likeness (QED) is 0.792. The summed E-state index contributed by atoms with van der Waals surface area (Å²) in [4.78, 5) is 0. The van der Waals surface area contributed by atoms with Gasteiger partial charge < -0.3 is 5.73 Å². The van der Waals surface area contributed by atoms with Gasteiger partial charge in [0.05, 0.1) is 16.4 Å². The second kappa shape index (κ2) is 3.90. The number of anilines is 1. The number of rotatable bonds is 2. The summed E-state index contributed by atoms with van der Waals surface area (Å²) in [7, 11) is 0. The van der Waals surface area contributed by atoms with Crippen molar-refractivity contribution in [3.05, 3.63) is 35.4 Å². The smallest absolute Gasteiger partial charge is 0.137 e. The zero-order valence-corrected chi connectivity index (χ0v) is 9.07. The molecule has 0 aliphatic heterocycles. The van der Waals surface area contributed by atoms with Crippen molar-refractivity contribution in [2.24, 2.45) is 0 Å². The molecular formula is C10H11ClN4. The van der Waals surface area contributed by atoms with Gasteiger partial charge in [0.25, 0.3) is 0 Å². The van der Waals surface area contributed by atoms with Gasteiger partial charge in [0.2, 0.25) is 0 Å². The number of nitrogens with two attached hydrogens (primary N) is 1. The van der Waals surface area contributed by atoms with Gasteiger partial charge in [-0.05, 0) is 18.2 Å². The molecule has 15 heavy (non-hydrogen) atoms. The molecule has 0 unspecified atom stereocenters. The lowest BCUT2D eigenvalue weighted by molar-refractivity contribution is 0.883. The highest BCUT2D eigenvalue weighted by atomic mass is 35.5. The van der Waals surface area contributed by atoms with E-state index in [4.69, 9.17) is 17.3 Å². The maximum absolute atomic E-state index is 5.85. The van der Waals surface area contributed by atoms with Crippen LogP contribution in [0.1, 0.15) is 12.7 Å². The third-order valence-corrected chi connectivity index (χ3v) is 2.54. The van der Waals surface area contributed by atoms with E-state index in [1.807, 2.05) is 23.6 Å². The minimum atomic E-state index is 0.560. The van der Waals surface area contributed by atoms with Crippen molar-refractivity contribution in [1.82, 2.24) is 14.8 Å². The largest absolute Gasteiger partial charge is 0.397 e. The van der Waals surface area contributed by atoms with Gasteiger partial charge in [-0.1, -0.05) is 18.5 Å². The lowest BCUT2D eigenvalue weighted by Gasteiger charge is -2.06. The van der Waals surface area contributed by atoms with E-state index >= 15 is 0 Å². The maximum atomic E-state index is 5.85. The number of hydrogen-bond donors (Lipinski definition) is 1. The van der Waals surface area contributed by atoms with E-state index in [-0.39, 0.29) is 0 Å². The van der Waals surface area contributed by atoms with Crippen LogP contribution in [-0.4, -0.2) is 14.8 Å². The fraction of sp³-hybridized carbons (Fsp3) is 0.200. The fourth-order valence-corrected chi connectivity index (χ4v) is 1.51. The molecule has 0 amide bonds. The number of halogens is 1. The molecule has 0 atom stereocenters. The Labute approximate surface area is 92.7 Å². The average molecular weight is 223 g/mol. The molecule has 0 saturated heterocycles. The maximum Gasteiger partial charge on any atom is 0.137 e. The van der Waals surface area contributed by atoms with Gasteiger partial charge in [0.15, 0.2) is 0 Å². The minimum absolute atomic E-state index is 0.560. The normalized spacial score (nSPS) is 10.5. The summed E-state index contributed by atoms with van der Waals surface area (Å²) in [5, 5.41) is 8.42. The third kappa shape index (κ3) is 1.80. The standard InChI is InChI=1S/C10H11ClN4/c1-2-10-14-13-6-15(10)7-3-4-8(11)9(12)5-7/h3-6H,2,12H2,1H3. The second-order valence-electron chi connectivity index (χ2n) is 3.18. The van der Waals surface area contributed by atoms with Crippen molar-refractivity contribution >= 4 is 17.3 Å². The van der Waals surface area contributed by atoms with Crippen molar-refractivity contribution in [3.8, 4) is 5.69 Å². The molecule has 2 N–H and O–H groups in total. The Morgan fingerprint density at radius 2 is 2.27 bits per heavy atom. The Bertz CT molecular complexity index is 478. The fourth-order valence-electron chi connectivity index (χ4n) is 1.40. The number of hydrogen-bond acceptors (Lipinski definition) is 3. The van der Waals surface area contributed by atoms with Crippen molar-refractivity contribution < 1.29 is 0 Å². The first-order valence-electron chi connectivity index (χ1n) is 4.66. The average Bonchev–Trinajstić information content (AvgIpc) is 2.70. The van der Waals surface area contributed by atoms with Crippen LogP contribution in [0, 0.1) is 0 Å². The van der Waals surface area contributed by atoms with Crippen LogP contribution in [0.15, 0.2) is 24.5 Å². The lowest BCUT2D eigenvalue weighted by atomic mass is 10.2. The molecule has 2 rings (SSSR count). The van der Waals surface area contributed by atoms with E-state index in [0.29, 0.717) is 10.7 Å². The molecule has 0 bridgehead atoms. The van der Waals surface area contributed by atoms with Gasteiger partial charge in [-0.25, -0.2) is 0 Å². The van der Waals surface area contributed by atoms with Crippen molar-refractivity contribution in [3.63, 3.8) is 0 Å². The summed E-state index contributed by atoms with van der Waals surface area (Å²) in [5.41, 5.74) is 7.22. The van der Waals surface area contributed by atoms with E-state index in [0.717, 1.165) is 17.9 Å². The zero-order valence-electron chi connectivity index (χ0n) is 8.31. The number of nitrogens with zero attached hydrogens (tertiary/aromatic N) is 3. The van der Waals surface area contributed by atoms with Crippen LogP contribution in [0.2, 0.25) is 5.02 Å². The summed E-state index contributed by atoms with van der Waals surface area (Å²) in [6.07, 6.45) is 2.49. The minimum Gasteiger partial charge on any atom is -0.397 e. The van der Waals surface area contributed by atoms with Gasteiger partial charge in [0.1, 0.15) is 12.2 Å². The Balaban J connectivity index is 2.50. The molecule has 0 aliphatic rings. The summed E-state index contributed by atoms with van der Waals surface area (Å²) >= 11 is 5.85. The van der Waals surface area contributed by atoms with E-state index in [1.165, 1.54) is 0 Å². The highest BCUT2D eigenvalue weighted by Gasteiger charge is 2.05. The van der Waals surface area contributed by atoms with Crippen LogP contribution in [0.25, 0.3) is 5.69 Å². The second-order valence-corrected chi connectivity index (χ2v) is 3.58. The summed E-state index contributed by atoms with van der Waals surface area (Å²) in [6.45, 7) is 2.03. The molecule has 1 aromatic heterocycles. The molecule has 4 nitrogen and oxygen atoms in total. The first-order chi connectivity index (χ1) is 7.22. The number of aromatic nitrogens is 3. The van der Waals surface area contributed by atoms with Crippen molar-refractivity contribution in [1.29, 1.82) is 0 Å². The first kappa shape index (κ1) is 9.98. The SMILES string of the molecule is CCc1nncn1-c1ccc(Cl)c(N)c1. The molecule has 1 heterocycles. The van der Waals surface area contributed by atoms with E-state index in [1.54, 1.807) is 12.4 Å². The Hall–Kier alpha value is -1.55. The van der Waals surface area contributed by atoms with E-state index in [2.05, 4.69) is 10.2 Å². The highest BCUT2D eigenvalue weighted by Crippen LogP contribution is 2.22. The predicted octanol–water partition coefficient (Wildman–Crippen LogP) is 2.07. The summed E-state index contributed by atoms with van der Waals surface area (Å²) < 4.78 is 1.90. The molecule has 0 spiro atoms. The van der Waals surface area contributed by atoms with Crippen molar-refractivity contribution in [2.45, 2.75) is 13.3 Å². The predicted molar refractivity (Wildman–Crippen MR) is 60.2 cm³/mol. The molecule has 1 aromatic carbocycles. The Morgan fingerprint density at radius 1 is 1.47 bits per heavy atom. The van der Waals surface area contributed by atoms with Crippen LogP contribution in [-0.2, 0) is 6.42 Å². The number of nitrogen functional groups attached to an aromatic ring is 1. The molecule has 0 radical (unpaired) electrons. The van der Waals surface area contributed by atoms with Crippen LogP contribution in [0.4, 0.5) is 5.69 Å². The van der Waals surface area contributed by atoms with E-state index in [9.17, 15) is 0 Å². The number of benzene rings is 1. The molecule has 2 aromatic rings. The highest BCUT2D eigenvalue weighted by molar-refractivity contribution is 6.33. The monoisotopic (exact) mass is 222 g/mol. The summed E-state index contributed by atoms with van der Waals surface area (Å²) in [5.74, 6) is 0.900. The van der Waals surface area contributed by atoms with Gasteiger partial charge >= 0.3 is 0 Å². The Kier molecular flexibility index (Phi) is 2.60. The van der Waals surface area contributed by atoms with Crippen LogP contribution in [0.5, 0.6) is 0 Å². The molecule has 0 saturated carbocycles. The molecular weight excluding hydrogens is 212 g/mol. The van der Waals surface area contributed by atoms with Gasteiger partial charge in [-0.15, -0.1) is 10.2 Å². The third-order valence-electron chi connectivity index (χ3n) is 2.19. The van der Waals surface area contributed by atoms with Crippen molar-refractivity contribution in [2.75, 3.05) is 5.73 Å². The van der Waals surface area contributed by atoms with E-state index < -0.39 is 0 Å². The number of aryl methyl sites for hydroxylation is 1. The molecule has 5 heteroatoms. The summed E-state index contributed by atoms with van der Waals surface area (Å²) in [6, 6.07) is 5.47. The zero-order chi connectivity index (χ0) is 10.8. The van der Waals surface area contributed by atoms with Gasteiger partial charge in [-0.3, -0.25) is 4.57 Å². The molecule has 0 aliphatic carbocycles. The van der Waals surface area contributed by atoms with Gasteiger partial charge in [-0.2, -0.15) is 0 Å². The van der Waals surface area contributed by atoms with Crippen LogP contribution >= 0.6 is 11.6 Å². The topological polar surface area (TPSA) is 56.7 Å². The lowest BCUT2D eigenvalue weighted by Crippen LogP contribution is -1.99. The first-order valence-corrected chi connectivity index (χ1v) is 5.04. The van der Waals surface area contributed by atoms with Crippen LogP contribution < -0.4 is 5.73 Å².